The smallest absolute Gasteiger partial charge is 0.412 e. The summed E-state index contributed by atoms with van der Waals surface area (Å²) in [5.74, 6) is -0.339. The maximum atomic E-state index is 13.8. The van der Waals surface area contributed by atoms with Crippen molar-refractivity contribution in [3.05, 3.63) is 83.8 Å². The number of alkyl halides is 1. The highest BCUT2D eigenvalue weighted by molar-refractivity contribution is 6.19. The standard InChI is InChI=1S/C33H32ClN5O5/c1-33(2,3)44-32(43)36-20-9-10-24-18(11-20)12-25(37-24)30(41)35-21-13-27(38(4)17-21)31(42)39-16-19(15-34)29-23-8-6-5-7-22(23)28(40)14-26(29)39/h5-14,17,19,37,40H,15-16H2,1-4H3,(H,35,41)(H,36,43)/t19-/m1/s1. The highest BCUT2D eigenvalue weighted by Crippen LogP contribution is 2.45. The number of ether oxygens (including phenoxy) is 1. The fourth-order valence-electron chi connectivity index (χ4n) is 5.68. The number of phenolic OH excluding ortho intramolecular Hbond substituents is 1. The van der Waals surface area contributed by atoms with Gasteiger partial charge < -0.3 is 29.6 Å². The van der Waals surface area contributed by atoms with Crippen molar-refractivity contribution in [2.45, 2.75) is 32.3 Å². The lowest BCUT2D eigenvalue weighted by Crippen LogP contribution is -2.31. The van der Waals surface area contributed by atoms with Crippen LogP contribution in [0.1, 0.15) is 53.2 Å². The van der Waals surface area contributed by atoms with Crippen molar-refractivity contribution in [2.75, 3.05) is 28.0 Å². The van der Waals surface area contributed by atoms with E-state index in [1.54, 1.807) is 79.9 Å². The molecule has 0 saturated heterocycles. The van der Waals surface area contributed by atoms with E-state index in [9.17, 15) is 19.5 Å². The van der Waals surface area contributed by atoms with Gasteiger partial charge in [-0.1, -0.05) is 24.3 Å². The highest BCUT2D eigenvalue weighted by Gasteiger charge is 2.35. The number of benzene rings is 3. The van der Waals surface area contributed by atoms with Crippen molar-refractivity contribution in [1.82, 2.24) is 9.55 Å². The molecule has 0 fully saturated rings. The van der Waals surface area contributed by atoms with Crippen molar-refractivity contribution in [3.8, 4) is 5.75 Å². The van der Waals surface area contributed by atoms with E-state index in [0.29, 0.717) is 51.8 Å². The number of amides is 3. The van der Waals surface area contributed by atoms with Gasteiger partial charge in [-0.3, -0.25) is 14.9 Å². The minimum absolute atomic E-state index is 0.0950. The molecule has 0 saturated carbocycles. The molecule has 3 heterocycles. The quantitative estimate of drug-likeness (QED) is 0.160. The molecule has 11 heteroatoms. The van der Waals surface area contributed by atoms with Gasteiger partial charge in [-0.25, -0.2) is 4.79 Å². The van der Waals surface area contributed by atoms with Gasteiger partial charge in [0.1, 0.15) is 22.7 Å². The lowest BCUT2D eigenvalue weighted by atomic mass is 9.95. The predicted octanol–water partition coefficient (Wildman–Crippen LogP) is 6.95. The molecule has 0 radical (unpaired) electrons. The molecule has 1 aliphatic heterocycles. The summed E-state index contributed by atoms with van der Waals surface area (Å²) < 4.78 is 6.97. The van der Waals surface area contributed by atoms with E-state index in [2.05, 4.69) is 15.6 Å². The fraction of sp³-hybridized carbons (Fsp3) is 0.242. The normalized spacial score (nSPS) is 14.6. The molecular weight excluding hydrogens is 582 g/mol. The van der Waals surface area contributed by atoms with Gasteiger partial charge in [0.15, 0.2) is 0 Å². The van der Waals surface area contributed by atoms with E-state index in [1.807, 2.05) is 24.3 Å². The average Bonchev–Trinajstić information content (AvgIpc) is 3.66. The number of nitrogens with zero attached hydrogens (tertiary/aromatic N) is 2. The number of nitrogens with one attached hydrogen (secondary N) is 3. The Balaban J connectivity index is 1.21. The molecule has 2 aromatic heterocycles. The van der Waals surface area contributed by atoms with Crippen LogP contribution in [-0.4, -0.2) is 50.6 Å². The molecule has 0 unspecified atom stereocenters. The maximum absolute atomic E-state index is 13.8. The first-order chi connectivity index (χ1) is 20.9. The maximum Gasteiger partial charge on any atom is 0.412 e. The van der Waals surface area contributed by atoms with Gasteiger partial charge in [0.05, 0.1) is 11.4 Å². The summed E-state index contributed by atoms with van der Waals surface area (Å²) in [6.45, 7) is 5.73. The number of aromatic nitrogens is 2. The molecule has 3 aromatic carbocycles. The Labute approximate surface area is 258 Å². The van der Waals surface area contributed by atoms with E-state index in [0.717, 1.165) is 16.3 Å². The Morgan fingerprint density at radius 3 is 2.50 bits per heavy atom. The topological polar surface area (TPSA) is 129 Å². The number of rotatable bonds is 5. The number of halogens is 1. The molecule has 4 N–H and O–H groups in total. The number of aromatic amines is 1. The Kier molecular flexibility index (Phi) is 7.25. The number of hydrogen-bond donors (Lipinski definition) is 4. The molecule has 6 rings (SSSR count). The fourth-order valence-corrected chi connectivity index (χ4v) is 5.93. The van der Waals surface area contributed by atoms with Crippen LogP contribution in [-0.2, 0) is 11.8 Å². The Bertz CT molecular complexity index is 1950. The van der Waals surface area contributed by atoms with Crippen LogP contribution in [0.2, 0.25) is 0 Å². The number of carbonyl (C=O) groups excluding carboxylic acids is 3. The zero-order valence-electron chi connectivity index (χ0n) is 24.7. The first kappa shape index (κ1) is 29.1. The zero-order valence-corrected chi connectivity index (χ0v) is 25.5. The van der Waals surface area contributed by atoms with E-state index in [1.165, 1.54) is 0 Å². The molecule has 44 heavy (non-hydrogen) atoms. The Morgan fingerprint density at radius 2 is 1.77 bits per heavy atom. The second-order valence-corrected chi connectivity index (χ2v) is 12.2. The van der Waals surface area contributed by atoms with E-state index in [-0.39, 0.29) is 17.6 Å². The van der Waals surface area contributed by atoms with Crippen molar-refractivity contribution in [1.29, 1.82) is 0 Å². The summed E-state index contributed by atoms with van der Waals surface area (Å²) in [5, 5.41) is 18.6. The monoisotopic (exact) mass is 613 g/mol. The van der Waals surface area contributed by atoms with Crippen molar-refractivity contribution in [3.63, 3.8) is 0 Å². The number of H-pyrrole nitrogens is 1. The number of phenols is 1. The van der Waals surface area contributed by atoms with E-state index >= 15 is 0 Å². The average molecular weight is 614 g/mol. The number of hydrogen-bond acceptors (Lipinski definition) is 5. The lowest BCUT2D eigenvalue weighted by Gasteiger charge is -2.19. The summed E-state index contributed by atoms with van der Waals surface area (Å²) in [4.78, 5) is 43.9. The number of anilines is 3. The summed E-state index contributed by atoms with van der Waals surface area (Å²) >= 11 is 6.35. The van der Waals surface area contributed by atoms with Crippen LogP contribution in [0.4, 0.5) is 21.9 Å². The second kappa shape index (κ2) is 10.9. The zero-order chi connectivity index (χ0) is 31.3. The van der Waals surface area contributed by atoms with Gasteiger partial charge in [0.2, 0.25) is 0 Å². The minimum atomic E-state index is -0.626. The molecule has 5 aromatic rings. The van der Waals surface area contributed by atoms with Crippen LogP contribution in [0.25, 0.3) is 21.7 Å². The van der Waals surface area contributed by atoms with E-state index < -0.39 is 17.6 Å². The molecule has 1 atom stereocenters. The molecule has 0 aliphatic carbocycles. The minimum Gasteiger partial charge on any atom is -0.507 e. The van der Waals surface area contributed by atoms with Crippen LogP contribution < -0.4 is 15.5 Å². The van der Waals surface area contributed by atoms with Crippen molar-refractivity contribution < 1.29 is 24.2 Å². The predicted molar refractivity (Wildman–Crippen MR) is 172 cm³/mol. The number of aromatic hydroxyl groups is 1. The van der Waals surface area contributed by atoms with E-state index in [4.69, 9.17) is 16.3 Å². The second-order valence-electron chi connectivity index (χ2n) is 11.9. The molecule has 0 spiro atoms. The third kappa shape index (κ3) is 5.44. The van der Waals surface area contributed by atoms with Gasteiger partial charge in [-0.2, -0.15) is 0 Å². The van der Waals surface area contributed by atoms with Gasteiger partial charge in [-0.05, 0) is 62.1 Å². The number of aryl methyl sites for hydroxylation is 1. The van der Waals surface area contributed by atoms with Crippen molar-refractivity contribution >= 4 is 68.2 Å². The van der Waals surface area contributed by atoms with Gasteiger partial charge in [-0.15, -0.1) is 11.6 Å². The molecular formula is C33H32ClN5O5. The molecule has 3 amide bonds. The van der Waals surface area contributed by atoms with Crippen LogP contribution in [0.3, 0.4) is 0 Å². The molecule has 1 aliphatic rings. The number of fused-ring (bicyclic) bond motifs is 4. The Hall–Kier alpha value is -4.96. The summed E-state index contributed by atoms with van der Waals surface area (Å²) in [7, 11) is 1.74. The molecule has 0 bridgehead atoms. The first-order valence-corrected chi connectivity index (χ1v) is 14.7. The summed E-state index contributed by atoms with van der Waals surface area (Å²) in [6.07, 6.45) is 1.10. The third-order valence-electron chi connectivity index (χ3n) is 7.57. The SMILES string of the molecule is Cn1cc(NC(=O)c2cc3cc(NC(=O)OC(C)(C)C)ccc3[nH]2)cc1C(=O)N1C[C@@H](CCl)c2c1cc(O)c1ccccc21. The third-order valence-corrected chi connectivity index (χ3v) is 7.94. The summed E-state index contributed by atoms with van der Waals surface area (Å²) in [5.41, 5.74) is 3.31. The molecule has 10 nitrogen and oxygen atoms in total. The first-order valence-electron chi connectivity index (χ1n) is 14.1. The van der Waals surface area contributed by atoms with Crippen LogP contribution in [0, 0.1) is 0 Å². The van der Waals surface area contributed by atoms with Gasteiger partial charge in [0, 0.05) is 59.6 Å². The highest BCUT2D eigenvalue weighted by atomic mass is 35.5. The summed E-state index contributed by atoms with van der Waals surface area (Å²) in [6, 6.07) is 17.7. The van der Waals surface area contributed by atoms with Crippen LogP contribution in [0.5, 0.6) is 5.75 Å². The molecule has 226 valence electrons. The van der Waals surface area contributed by atoms with Crippen molar-refractivity contribution in [2.24, 2.45) is 7.05 Å². The largest absolute Gasteiger partial charge is 0.507 e. The van der Waals surface area contributed by atoms with Gasteiger partial charge in [0.25, 0.3) is 11.8 Å². The van der Waals surface area contributed by atoms with Crippen LogP contribution >= 0.6 is 11.6 Å². The van der Waals surface area contributed by atoms with Crippen LogP contribution in [0.15, 0.2) is 66.9 Å². The Morgan fingerprint density at radius 1 is 1.02 bits per heavy atom. The van der Waals surface area contributed by atoms with Gasteiger partial charge >= 0.3 is 6.09 Å². The lowest BCUT2D eigenvalue weighted by molar-refractivity contribution is 0.0635. The number of carbonyl (C=O) groups is 3.